The second-order valence-electron chi connectivity index (χ2n) is 4.83. The molecule has 0 aliphatic carbocycles. The fraction of sp³-hybridized carbons (Fsp3) is 0.818. The van der Waals surface area contributed by atoms with Crippen LogP contribution in [-0.2, 0) is 9.59 Å². The van der Waals surface area contributed by atoms with Crippen LogP contribution in [0, 0.1) is 11.8 Å². The maximum Gasteiger partial charge on any atom is 0.405 e. The molecular formula is C11H18F3N3O2. The molecule has 1 heterocycles. The maximum absolute atomic E-state index is 12.0. The van der Waals surface area contributed by atoms with E-state index in [1.54, 1.807) is 5.32 Å². The minimum atomic E-state index is -4.44. The third kappa shape index (κ3) is 5.06. The molecule has 0 radical (unpaired) electrons. The summed E-state index contributed by atoms with van der Waals surface area (Å²) >= 11 is 0. The van der Waals surface area contributed by atoms with E-state index in [-0.39, 0.29) is 24.3 Å². The van der Waals surface area contributed by atoms with Gasteiger partial charge in [-0.2, -0.15) is 13.2 Å². The van der Waals surface area contributed by atoms with Crippen LogP contribution in [0.1, 0.15) is 6.92 Å². The van der Waals surface area contributed by atoms with Crippen molar-refractivity contribution in [3.63, 3.8) is 0 Å². The van der Waals surface area contributed by atoms with Crippen molar-refractivity contribution in [3.05, 3.63) is 0 Å². The molecule has 2 atom stereocenters. The van der Waals surface area contributed by atoms with Gasteiger partial charge in [-0.3, -0.25) is 9.59 Å². The summed E-state index contributed by atoms with van der Waals surface area (Å²) in [4.78, 5) is 24.4. The Morgan fingerprint density at radius 2 is 2.00 bits per heavy atom. The first-order chi connectivity index (χ1) is 8.70. The van der Waals surface area contributed by atoms with Crippen molar-refractivity contribution in [2.45, 2.75) is 13.1 Å². The van der Waals surface area contributed by atoms with Gasteiger partial charge >= 0.3 is 6.18 Å². The number of rotatable bonds is 4. The monoisotopic (exact) mass is 281 g/mol. The number of nitrogens with one attached hydrogen (secondary N) is 2. The van der Waals surface area contributed by atoms with Crippen LogP contribution in [0.25, 0.3) is 0 Å². The zero-order valence-electron chi connectivity index (χ0n) is 10.9. The van der Waals surface area contributed by atoms with Crippen LogP contribution in [0.15, 0.2) is 0 Å². The summed E-state index contributed by atoms with van der Waals surface area (Å²) in [6, 6.07) is 0. The lowest BCUT2D eigenvalue weighted by molar-refractivity contribution is -0.143. The van der Waals surface area contributed by atoms with E-state index in [1.165, 1.54) is 11.9 Å². The maximum atomic E-state index is 12.0. The van der Waals surface area contributed by atoms with Gasteiger partial charge in [0.25, 0.3) is 0 Å². The molecule has 2 N–H and O–H groups in total. The molecule has 0 aromatic heterocycles. The molecule has 1 aliphatic rings. The van der Waals surface area contributed by atoms with E-state index in [0.717, 1.165) is 6.54 Å². The number of amides is 2. The summed E-state index contributed by atoms with van der Waals surface area (Å²) in [6.07, 6.45) is -4.44. The highest BCUT2D eigenvalue weighted by Crippen LogP contribution is 2.18. The highest BCUT2D eigenvalue weighted by Gasteiger charge is 2.32. The van der Waals surface area contributed by atoms with Gasteiger partial charge in [0.15, 0.2) is 0 Å². The van der Waals surface area contributed by atoms with E-state index < -0.39 is 18.6 Å². The number of alkyl halides is 3. The summed E-state index contributed by atoms with van der Waals surface area (Å²) in [5, 5.41) is 4.80. The molecule has 8 heteroatoms. The minimum Gasteiger partial charge on any atom is -0.345 e. The van der Waals surface area contributed by atoms with Crippen LogP contribution < -0.4 is 10.6 Å². The highest BCUT2D eigenvalue weighted by molar-refractivity contribution is 5.86. The number of nitrogens with zero attached hydrogens (tertiary/aromatic N) is 1. The summed E-state index contributed by atoms with van der Waals surface area (Å²) in [6.45, 7) is 1.44. The predicted molar refractivity (Wildman–Crippen MR) is 62.2 cm³/mol. The molecule has 0 saturated carbocycles. The predicted octanol–water partition coefficient (Wildman–Crippen LogP) is -0.0212. The van der Waals surface area contributed by atoms with Crippen LogP contribution >= 0.6 is 0 Å². The fourth-order valence-electron chi connectivity index (χ4n) is 1.97. The Balaban J connectivity index is 2.39. The van der Waals surface area contributed by atoms with E-state index in [0.29, 0.717) is 6.54 Å². The summed E-state index contributed by atoms with van der Waals surface area (Å²) < 4.78 is 35.7. The van der Waals surface area contributed by atoms with Crippen LogP contribution in [0.3, 0.4) is 0 Å². The standard InChI is InChI=1S/C11H18F3N3O2/c1-7-3-15-4-8(7)10(19)17(2)5-9(18)16-6-11(12,13)14/h7-8,15H,3-6H2,1-2H3,(H,16,18). The van der Waals surface area contributed by atoms with Crippen LogP contribution in [0.4, 0.5) is 13.2 Å². The molecule has 2 amide bonds. The third-order valence-electron chi connectivity index (χ3n) is 3.08. The van der Waals surface area contributed by atoms with Crippen molar-refractivity contribution in [1.29, 1.82) is 0 Å². The van der Waals surface area contributed by atoms with Gasteiger partial charge in [0.2, 0.25) is 11.8 Å². The van der Waals surface area contributed by atoms with E-state index in [2.05, 4.69) is 5.32 Å². The first-order valence-electron chi connectivity index (χ1n) is 6.00. The zero-order valence-corrected chi connectivity index (χ0v) is 10.9. The lowest BCUT2D eigenvalue weighted by Crippen LogP contribution is -2.44. The van der Waals surface area contributed by atoms with E-state index in [4.69, 9.17) is 0 Å². The Labute approximate surface area is 109 Å². The van der Waals surface area contributed by atoms with E-state index >= 15 is 0 Å². The van der Waals surface area contributed by atoms with Gasteiger partial charge in [0.1, 0.15) is 6.54 Å². The Kier molecular flexibility index (Phi) is 5.16. The van der Waals surface area contributed by atoms with E-state index in [9.17, 15) is 22.8 Å². The fourth-order valence-corrected chi connectivity index (χ4v) is 1.97. The van der Waals surface area contributed by atoms with Crippen LogP contribution in [0.5, 0.6) is 0 Å². The smallest absolute Gasteiger partial charge is 0.345 e. The molecule has 110 valence electrons. The number of carbonyl (C=O) groups excluding carboxylic acids is 2. The second-order valence-corrected chi connectivity index (χ2v) is 4.83. The Morgan fingerprint density at radius 1 is 1.37 bits per heavy atom. The van der Waals surface area contributed by atoms with Crippen molar-refractivity contribution >= 4 is 11.8 Å². The summed E-state index contributed by atoms with van der Waals surface area (Å²) in [7, 11) is 1.42. The first-order valence-corrected chi connectivity index (χ1v) is 6.00. The molecule has 0 aromatic rings. The molecule has 19 heavy (non-hydrogen) atoms. The lowest BCUT2D eigenvalue weighted by atomic mass is 9.97. The van der Waals surface area contributed by atoms with Crippen LogP contribution in [0.2, 0.25) is 0 Å². The van der Waals surface area contributed by atoms with Gasteiger partial charge in [0, 0.05) is 13.6 Å². The summed E-state index contributed by atoms with van der Waals surface area (Å²) in [5.74, 6) is -1.10. The van der Waals surface area contributed by atoms with Crippen molar-refractivity contribution < 1.29 is 22.8 Å². The van der Waals surface area contributed by atoms with Gasteiger partial charge in [-0.15, -0.1) is 0 Å². The average Bonchev–Trinajstić information content (AvgIpc) is 2.71. The number of hydrogen-bond donors (Lipinski definition) is 2. The van der Waals surface area contributed by atoms with Crippen molar-refractivity contribution in [3.8, 4) is 0 Å². The topological polar surface area (TPSA) is 61.4 Å². The molecule has 0 spiro atoms. The normalized spacial score (nSPS) is 23.2. The van der Waals surface area contributed by atoms with Crippen molar-refractivity contribution in [1.82, 2.24) is 15.5 Å². The highest BCUT2D eigenvalue weighted by atomic mass is 19.4. The van der Waals surface area contributed by atoms with Gasteiger partial charge in [-0.1, -0.05) is 6.92 Å². The van der Waals surface area contributed by atoms with Gasteiger partial charge in [-0.05, 0) is 12.5 Å². The number of halogens is 3. The van der Waals surface area contributed by atoms with Crippen molar-refractivity contribution in [2.24, 2.45) is 11.8 Å². The molecule has 5 nitrogen and oxygen atoms in total. The molecule has 0 aromatic carbocycles. The SMILES string of the molecule is CC1CNCC1C(=O)N(C)CC(=O)NCC(F)(F)F. The summed E-state index contributed by atoms with van der Waals surface area (Å²) in [5.41, 5.74) is 0. The second kappa shape index (κ2) is 6.23. The lowest BCUT2D eigenvalue weighted by Gasteiger charge is -2.22. The Bertz CT molecular complexity index is 347. The van der Waals surface area contributed by atoms with Gasteiger partial charge in [-0.25, -0.2) is 0 Å². The van der Waals surface area contributed by atoms with Crippen molar-refractivity contribution in [2.75, 3.05) is 33.2 Å². The molecule has 1 aliphatic heterocycles. The molecule has 2 unspecified atom stereocenters. The van der Waals surface area contributed by atoms with E-state index in [1.807, 2.05) is 6.92 Å². The minimum absolute atomic E-state index is 0.160. The zero-order chi connectivity index (χ0) is 14.6. The van der Waals surface area contributed by atoms with Crippen LogP contribution in [-0.4, -0.2) is 56.1 Å². The first kappa shape index (κ1) is 15.7. The average molecular weight is 281 g/mol. The van der Waals surface area contributed by atoms with Gasteiger partial charge in [0.05, 0.1) is 12.5 Å². The Morgan fingerprint density at radius 3 is 2.47 bits per heavy atom. The molecule has 1 fully saturated rings. The van der Waals surface area contributed by atoms with Gasteiger partial charge < -0.3 is 15.5 Å². The Hall–Kier alpha value is -1.31. The quantitative estimate of drug-likeness (QED) is 0.761. The molecule has 1 rings (SSSR count). The molecular weight excluding hydrogens is 263 g/mol. The molecule has 1 saturated heterocycles. The largest absolute Gasteiger partial charge is 0.405 e. The molecule has 0 bridgehead atoms. The number of likely N-dealkylation sites (N-methyl/N-ethyl adjacent to an activating group) is 1. The number of hydrogen-bond acceptors (Lipinski definition) is 3. The third-order valence-corrected chi connectivity index (χ3v) is 3.08. The number of carbonyl (C=O) groups is 2.